The molecule has 1 atom stereocenters. The van der Waals surface area contributed by atoms with Crippen LogP contribution in [0.15, 0.2) is 47.4 Å². The minimum atomic E-state index is -0.290. The van der Waals surface area contributed by atoms with Crippen molar-refractivity contribution in [3.8, 4) is 5.82 Å². The van der Waals surface area contributed by atoms with Gasteiger partial charge in [0.05, 0.1) is 17.5 Å². The fourth-order valence-corrected chi connectivity index (χ4v) is 3.38. The number of carbonyl (C=O) groups excluding carboxylic acids is 1. The fraction of sp³-hybridized carbons (Fsp3) is 0.263. The summed E-state index contributed by atoms with van der Waals surface area (Å²) in [6, 6.07) is 11.3. The van der Waals surface area contributed by atoms with E-state index in [4.69, 9.17) is 0 Å². The predicted octanol–water partition coefficient (Wildman–Crippen LogP) is 1.30. The van der Waals surface area contributed by atoms with Crippen molar-refractivity contribution in [2.24, 2.45) is 0 Å². The van der Waals surface area contributed by atoms with E-state index in [2.05, 4.69) is 38.1 Å². The highest BCUT2D eigenvalue weighted by Gasteiger charge is 2.21. The zero-order chi connectivity index (χ0) is 18.8. The standard InChI is InChI=1S/C19H20N6O2.ClH/c1-12-15(10-22-25(12)17-6-7-18(26)24-23-17)19(27)21-11-16-14-5-3-2-4-13(14)8-9-20-16;/h2-7,10,16,20H,8-9,11H2,1H3,(H,21,27)(H,24,26);1H. The molecule has 3 heterocycles. The highest BCUT2D eigenvalue weighted by atomic mass is 35.5. The molecule has 0 radical (unpaired) electrons. The first-order chi connectivity index (χ1) is 13.1. The van der Waals surface area contributed by atoms with Crippen molar-refractivity contribution in [3.05, 3.63) is 75.3 Å². The number of fused-ring (bicyclic) bond motifs is 1. The number of amides is 1. The van der Waals surface area contributed by atoms with Gasteiger partial charge in [0.15, 0.2) is 5.82 Å². The topological polar surface area (TPSA) is 105 Å². The molecule has 0 bridgehead atoms. The van der Waals surface area contributed by atoms with Crippen LogP contribution in [0.4, 0.5) is 0 Å². The van der Waals surface area contributed by atoms with Crippen molar-refractivity contribution < 1.29 is 4.79 Å². The Hall–Kier alpha value is -2.97. The number of H-pyrrole nitrogens is 1. The van der Waals surface area contributed by atoms with Gasteiger partial charge in [0, 0.05) is 18.7 Å². The molecule has 1 aromatic carbocycles. The maximum absolute atomic E-state index is 12.6. The summed E-state index contributed by atoms with van der Waals surface area (Å²) in [5.74, 6) is 0.266. The van der Waals surface area contributed by atoms with Crippen molar-refractivity contribution in [2.75, 3.05) is 13.1 Å². The number of benzene rings is 1. The van der Waals surface area contributed by atoms with E-state index < -0.39 is 0 Å². The molecule has 0 spiro atoms. The number of halogens is 1. The first-order valence-electron chi connectivity index (χ1n) is 8.83. The van der Waals surface area contributed by atoms with E-state index in [0.29, 0.717) is 23.6 Å². The van der Waals surface area contributed by atoms with Gasteiger partial charge in [-0.05, 0) is 37.1 Å². The van der Waals surface area contributed by atoms with Crippen molar-refractivity contribution in [1.29, 1.82) is 0 Å². The summed E-state index contributed by atoms with van der Waals surface area (Å²) < 4.78 is 1.53. The highest BCUT2D eigenvalue weighted by molar-refractivity contribution is 5.95. The number of nitrogens with one attached hydrogen (secondary N) is 3. The Kier molecular flexibility index (Phi) is 5.91. The molecule has 9 heteroatoms. The molecule has 1 amide bonds. The second kappa shape index (κ2) is 8.37. The monoisotopic (exact) mass is 400 g/mol. The van der Waals surface area contributed by atoms with E-state index in [0.717, 1.165) is 13.0 Å². The van der Waals surface area contributed by atoms with Crippen LogP contribution >= 0.6 is 12.4 Å². The third-order valence-electron chi connectivity index (χ3n) is 4.82. The van der Waals surface area contributed by atoms with Crippen LogP contribution in [-0.2, 0) is 6.42 Å². The number of rotatable bonds is 4. The Morgan fingerprint density at radius 1 is 1.29 bits per heavy atom. The summed E-state index contributed by atoms with van der Waals surface area (Å²) in [4.78, 5) is 23.8. The normalized spacial score (nSPS) is 15.4. The smallest absolute Gasteiger partial charge is 0.264 e. The van der Waals surface area contributed by atoms with Crippen molar-refractivity contribution in [1.82, 2.24) is 30.6 Å². The second-order valence-electron chi connectivity index (χ2n) is 6.50. The zero-order valence-electron chi connectivity index (χ0n) is 15.3. The molecular formula is C19H21ClN6O2. The number of aromatic nitrogens is 4. The van der Waals surface area contributed by atoms with Gasteiger partial charge >= 0.3 is 0 Å². The summed E-state index contributed by atoms with van der Waals surface area (Å²) in [5, 5.41) is 17.0. The Labute approximate surface area is 167 Å². The minimum Gasteiger partial charge on any atom is -0.350 e. The first kappa shape index (κ1) is 19.8. The molecule has 2 aromatic heterocycles. The molecule has 1 unspecified atom stereocenters. The lowest BCUT2D eigenvalue weighted by atomic mass is 9.94. The molecule has 1 aliphatic rings. The molecule has 3 N–H and O–H groups in total. The van der Waals surface area contributed by atoms with Gasteiger partial charge in [-0.3, -0.25) is 9.59 Å². The van der Waals surface area contributed by atoms with Gasteiger partial charge in [-0.25, -0.2) is 9.78 Å². The molecule has 8 nitrogen and oxygen atoms in total. The van der Waals surface area contributed by atoms with Crippen LogP contribution in [0, 0.1) is 6.92 Å². The van der Waals surface area contributed by atoms with Crippen LogP contribution < -0.4 is 16.2 Å². The summed E-state index contributed by atoms with van der Waals surface area (Å²) in [7, 11) is 0. The maximum atomic E-state index is 12.6. The Morgan fingerprint density at radius 2 is 2.11 bits per heavy atom. The Balaban J connectivity index is 0.00000225. The van der Waals surface area contributed by atoms with Gasteiger partial charge in [0.25, 0.3) is 11.5 Å². The van der Waals surface area contributed by atoms with E-state index in [9.17, 15) is 9.59 Å². The summed E-state index contributed by atoms with van der Waals surface area (Å²) in [6.07, 6.45) is 2.51. The number of hydrogen-bond donors (Lipinski definition) is 3. The molecule has 1 aliphatic heterocycles. The third kappa shape index (κ3) is 3.83. The zero-order valence-corrected chi connectivity index (χ0v) is 16.1. The second-order valence-corrected chi connectivity index (χ2v) is 6.50. The van der Waals surface area contributed by atoms with Crippen LogP contribution in [0.25, 0.3) is 5.82 Å². The average Bonchev–Trinajstić information content (AvgIpc) is 3.08. The predicted molar refractivity (Wildman–Crippen MR) is 107 cm³/mol. The lowest BCUT2D eigenvalue weighted by Crippen LogP contribution is -2.38. The lowest BCUT2D eigenvalue weighted by molar-refractivity contribution is 0.0948. The van der Waals surface area contributed by atoms with E-state index in [-0.39, 0.29) is 29.9 Å². The van der Waals surface area contributed by atoms with Crippen LogP contribution in [0.2, 0.25) is 0 Å². The molecule has 28 heavy (non-hydrogen) atoms. The fourth-order valence-electron chi connectivity index (χ4n) is 3.38. The molecule has 3 aromatic rings. The Bertz CT molecular complexity index is 1020. The van der Waals surface area contributed by atoms with Crippen molar-refractivity contribution in [2.45, 2.75) is 19.4 Å². The quantitative estimate of drug-likeness (QED) is 0.612. The first-order valence-corrected chi connectivity index (χ1v) is 8.83. The van der Waals surface area contributed by atoms with Crippen LogP contribution in [0.5, 0.6) is 0 Å². The molecule has 0 saturated carbocycles. The third-order valence-corrected chi connectivity index (χ3v) is 4.82. The summed E-state index contributed by atoms with van der Waals surface area (Å²) in [5.41, 5.74) is 3.40. The van der Waals surface area contributed by atoms with Gasteiger partial charge in [-0.15, -0.1) is 12.4 Å². The van der Waals surface area contributed by atoms with Crippen LogP contribution in [0.3, 0.4) is 0 Å². The highest BCUT2D eigenvalue weighted by Crippen LogP contribution is 2.22. The van der Waals surface area contributed by atoms with Gasteiger partial charge in [0.2, 0.25) is 0 Å². The maximum Gasteiger partial charge on any atom is 0.264 e. The van der Waals surface area contributed by atoms with Crippen LogP contribution in [0.1, 0.15) is 33.2 Å². The number of nitrogens with zero attached hydrogens (tertiary/aromatic N) is 3. The molecule has 146 valence electrons. The molecule has 0 aliphatic carbocycles. The van der Waals surface area contributed by atoms with Crippen LogP contribution in [-0.4, -0.2) is 39.0 Å². The summed E-state index contributed by atoms with van der Waals surface area (Å²) in [6.45, 7) is 3.19. The Morgan fingerprint density at radius 3 is 2.89 bits per heavy atom. The molecule has 0 saturated heterocycles. The van der Waals surface area contributed by atoms with E-state index in [1.165, 1.54) is 28.1 Å². The number of hydrogen-bond acceptors (Lipinski definition) is 5. The van der Waals surface area contributed by atoms with Gasteiger partial charge in [0.1, 0.15) is 0 Å². The van der Waals surface area contributed by atoms with E-state index in [1.807, 2.05) is 12.1 Å². The minimum absolute atomic E-state index is 0. The molecular weight excluding hydrogens is 380 g/mol. The largest absolute Gasteiger partial charge is 0.350 e. The lowest BCUT2D eigenvalue weighted by Gasteiger charge is -2.27. The van der Waals surface area contributed by atoms with Crippen molar-refractivity contribution >= 4 is 18.3 Å². The van der Waals surface area contributed by atoms with Crippen molar-refractivity contribution in [3.63, 3.8) is 0 Å². The van der Waals surface area contributed by atoms with Gasteiger partial charge in [-0.1, -0.05) is 24.3 Å². The number of aromatic amines is 1. The van der Waals surface area contributed by atoms with E-state index >= 15 is 0 Å². The number of carbonyl (C=O) groups is 1. The summed E-state index contributed by atoms with van der Waals surface area (Å²) >= 11 is 0. The molecule has 0 fully saturated rings. The van der Waals surface area contributed by atoms with Gasteiger partial charge in [-0.2, -0.15) is 10.2 Å². The molecule has 4 rings (SSSR count). The van der Waals surface area contributed by atoms with Gasteiger partial charge < -0.3 is 10.6 Å². The van der Waals surface area contributed by atoms with E-state index in [1.54, 1.807) is 13.0 Å². The average molecular weight is 401 g/mol. The SMILES string of the molecule is Cc1c(C(=O)NCC2NCCc3ccccc32)cnn1-c1ccc(=O)[nH]n1.Cl.